The molecule has 0 radical (unpaired) electrons. The molecule has 2 aliphatic heterocycles. The average molecular weight is 309 g/mol. The second-order valence-corrected chi connectivity index (χ2v) is 6.12. The molecule has 23 heavy (non-hydrogen) atoms. The summed E-state index contributed by atoms with van der Waals surface area (Å²) in [6, 6.07) is 3.08. The fourth-order valence-corrected chi connectivity index (χ4v) is 3.61. The van der Waals surface area contributed by atoms with Gasteiger partial charge in [-0.3, -0.25) is 0 Å². The standard InChI is InChI=1S/C16H19N7/c17-4-3-10(6-18)14-5-13-15(22-14)19-9-20-16(13)23-7-11-1-2-12(8-23)21-11/h3-6,9,11-12,17-18,21H,1-2,7-8H2,(H,19,20,22)/b10-3+,17-4?,18-6?. The number of nitrogens with one attached hydrogen (secondary N) is 4. The smallest absolute Gasteiger partial charge is 0.143 e. The number of piperazine rings is 1. The van der Waals surface area contributed by atoms with Crippen LogP contribution < -0.4 is 10.2 Å². The molecule has 0 amide bonds. The van der Waals surface area contributed by atoms with E-state index in [2.05, 4.69) is 25.2 Å². The Morgan fingerprint density at radius 1 is 1.22 bits per heavy atom. The first-order chi connectivity index (χ1) is 11.3. The van der Waals surface area contributed by atoms with Gasteiger partial charge in [0, 0.05) is 48.9 Å². The maximum Gasteiger partial charge on any atom is 0.143 e. The molecular formula is C16H19N7. The van der Waals surface area contributed by atoms with Crippen LogP contribution in [0.15, 0.2) is 18.5 Å². The number of hydrogen-bond acceptors (Lipinski definition) is 6. The van der Waals surface area contributed by atoms with E-state index in [0.29, 0.717) is 17.7 Å². The lowest BCUT2D eigenvalue weighted by Crippen LogP contribution is -2.51. The minimum atomic E-state index is 0.548. The molecule has 2 atom stereocenters. The van der Waals surface area contributed by atoms with E-state index in [9.17, 15) is 0 Å². The van der Waals surface area contributed by atoms with E-state index in [1.54, 1.807) is 12.4 Å². The van der Waals surface area contributed by atoms with Crippen LogP contribution in [-0.2, 0) is 0 Å². The highest BCUT2D eigenvalue weighted by molar-refractivity contribution is 6.13. The molecule has 4 heterocycles. The van der Waals surface area contributed by atoms with Gasteiger partial charge in [0.1, 0.15) is 17.8 Å². The first kappa shape index (κ1) is 14.1. The van der Waals surface area contributed by atoms with Crippen LogP contribution in [0.25, 0.3) is 16.6 Å². The van der Waals surface area contributed by atoms with Crippen LogP contribution in [0.5, 0.6) is 0 Å². The summed E-state index contributed by atoms with van der Waals surface area (Å²) in [5.74, 6) is 0.954. The number of hydrogen-bond donors (Lipinski definition) is 4. The van der Waals surface area contributed by atoms with E-state index in [1.807, 2.05) is 6.07 Å². The Kier molecular flexibility index (Phi) is 3.42. The Balaban J connectivity index is 1.76. The number of aromatic amines is 1. The van der Waals surface area contributed by atoms with Crippen molar-refractivity contribution in [2.75, 3.05) is 18.0 Å². The summed E-state index contributed by atoms with van der Waals surface area (Å²) in [5.41, 5.74) is 2.22. The zero-order valence-corrected chi connectivity index (χ0v) is 12.7. The zero-order chi connectivity index (χ0) is 15.8. The Morgan fingerprint density at radius 3 is 2.70 bits per heavy atom. The lowest BCUT2D eigenvalue weighted by atomic mass is 10.2. The molecular weight excluding hydrogens is 290 g/mol. The lowest BCUT2D eigenvalue weighted by Gasteiger charge is -2.33. The second-order valence-electron chi connectivity index (χ2n) is 6.12. The summed E-state index contributed by atoms with van der Waals surface area (Å²) in [5, 5.41) is 19.3. The molecule has 118 valence electrons. The monoisotopic (exact) mass is 309 g/mol. The summed E-state index contributed by atoms with van der Waals surface area (Å²) >= 11 is 0. The Labute approximate surface area is 133 Å². The van der Waals surface area contributed by atoms with Gasteiger partial charge < -0.3 is 26.0 Å². The average Bonchev–Trinajstić information content (AvgIpc) is 3.15. The molecule has 0 aromatic carbocycles. The third-order valence-corrected chi connectivity index (χ3v) is 4.65. The van der Waals surface area contributed by atoms with Crippen molar-refractivity contribution < 1.29 is 0 Å². The number of rotatable bonds is 4. The van der Waals surface area contributed by atoms with E-state index < -0.39 is 0 Å². The number of allylic oxidation sites excluding steroid dienone is 2. The molecule has 7 nitrogen and oxygen atoms in total. The largest absolute Gasteiger partial charge is 0.353 e. The van der Waals surface area contributed by atoms with Gasteiger partial charge in [0.05, 0.1) is 5.39 Å². The van der Waals surface area contributed by atoms with Crippen molar-refractivity contribution >= 4 is 34.9 Å². The van der Waals surface area contributed by atoms with Gasteiger partial charge in [-0.05, 0) is 25.0 Å². The Morgan fingerprint density at radius 2 is 2.00 bits per heavy atom. The summed E-state index contributed by atoms with van der Waals surface area (Å²) < 4.78 is 0. The van der Waals surface area contributed by atoms with E-state index in [0.717, 1.165) is 35.6 Å². The van der Waals surface area contributed by atoms with Crippen molar-refractivity contribution in [1.29, 1.82) is 10.8 Å². The van der Waals surface area contributed by atoms with Gasteiger partial charge in [-0.25, -0.2) is 9.97 Å². The highest BCUT2D eigenvalue weighted by Crippen LogP contribution is 2.30. The molecule has 2 aliphatic rings. The van der Waals surface area contributed by atoms with Crippen LogP contribution in [0.4, 0.5) is 5.82 Å². The van der Waals surface area contributed by atoms with Crippen LogP contribution in [0, 0.1) is 10.8 Å². The van der Waals surface area contributed by atoms with Crippen molar-refractivity contribution in [3.63, 3.8) is 0 Å². The quantitative estimate of drug-likeness (QED) is 0.644. The topological polar surface area (TPSA) is 105 Å². The van der Waals surface area contributed by atoms with Crippen molar-refractivity contribution in [1.82, 2.24) is 20.3 Å². The molecule has 2 aromatic heterocycles. The first-order valence-electron chi connectivity index (χ1n) is 7.85. The fraction of sp³-hybridized carbons (Fsp3) is 0.375. The molecule has 2 fully saturated rings. The van der Waals surface area contributed by atoms with E-state index >= 15 is 0 Å². The molecule has 2 aromatic rings. The Hall–Kier alpha value is -2.54. The van der Waals surface area contributed by atoms with Gasteiger partial charge in [-0.1, -0.05) is 0 Å². The number of anilines is 1. The van der Waals surface area contributed by atoms with Crippen molar-refractivity contribution in [2.45, 2.75) is 24.9 Å². The van der Waals surface area contributed by atoms with E-state index in [4.69, 9.17) is 10.8 Å². The predicted octanol–water partition coefficient (Wildman–Crippen LogP) is 1.58. The van der Waals surface area contributed by atoms with Crippen LogP contribution >= 0.6 is 0 Å². The van der Waals surface area contributed by atoms with Gasteiger partial charge >= 0.3 is 0 Å². The van der Waals surface area contributed by atoms with Crippen LogP contribution in [0.1, 0.15) is 18.5 Å². The third kappa shape index (κ3) is 2.43. The van der Waals surface area contributed by atoms with Crippen LogP contribution in [0.2, 0.25) is 0 Å². The number of nitrogens with zero attached hydrogens (tertiary/aromatic N) is 3. The van der Waals surface area contributed by atoms with Gasteiger partial charge in [0.25, 0.3) is 0 Å². The maximum atomic E-state index is 7.51. The lowest BCUT2D eigenvalue weighted by molar-refractivity contribution is 0.464. The number of H-pyrrole nitrogens is 1. The second kappa shape index (κ2) is 5.58. The predicted molar refractivity (Wildman–Crippen MR) is 91.6 cm³/mol. The SMILES string of the molecule is N=C/C=C(\C=N)c1cc2c(N3CC4CCC(C3)N4)ncnc2[nH]1. The number of aromatic nitrogens is 3. The summed E-state index contributed by atoms with van der Waals surface area (Å²) in [6.07, 6.45) is 8.07. The van der Waals surface area contributed by atoms with Crippen molar-refractivity contribution in [3.8, 4) is 0 Å². The molecule has 4 N–H and O–H groups in total. The van der Waals surface area contributed by atoms with E-state index in [1.165, 1.54) is 25.3 Å². The molecule has 0 saturated carbocycles. The molecule has 2 saturated heterocycles. The maximum absolute atomic E-state index is 7.51. The van der Waals surface area contributed by atoms with Crippen LogP contribution in [0.3, 0.4) is 0 Å². The molecule has 2 unspecified atom stereocenters. The van der Waals surface area contributed by atoms with E-state index in [-0.39, 0.29) is 0 Å². The highest BCUT2D eigenvalue weighted by Gasteiger charge is 2.33. The molecule has 0 aliphatic carbocycles. The fourth-order valence-electron chi connectivity index (χ4n) is 3.61. The van der Waals surface area contributed by atoms with Gasteiger partial charge in [0.15, 0.2) is 0 Å². The Bertz CT molecular complexity index is 779. The zero-order valence-electron chi connectivity index (χ0n) is 12.7. The number of fused-ring (bicyclic) bond motifs is 3. The molecule has 2 bridgehead atoms. The minimum Gasteiger partial charge on any atom is -0.353 e. The van der Waals surface area contributed by atoms with Gasteiger partial charge in [-0.15, -0.1) is 0 Å². The molecule has 7 heteroatoms. The molecule has 4 rings (SSSR count). The summed E-state index contributed by atoms with van der Waals surface area (Å²) in [4.78, 5) is 14.4. The summed E-state index contributed by atoms with van der Waals surface area (Å²) in [6.45, 7) is 1.94. The minimum absolute atomic E-state index is 0.548. The normalized spacial score (nSPS) is 24.2. The van der Waals surface area contributed by atoms with Crippen LogP contribution in [-0.4, -0.2) is 52.6 Å². The highest BCUT2D eigenvalue weighted by atomic mass is 15.3. The van der Waals surface area contributed by atoms with Crippen molar-refractivity contribution in [3.05, 3.63) is 24.2 Å². The van der Waals surface area contributed by atoms with Crippen molar-refractivity contribution in [2.24, 2.45) is 0 Å². The summed E-state index contributed by atoms with van der Waals surface area (Å²) in [7, 11) is 0. The molecule has 0 spiro atoms. The third-order valence-electron chi connectivity index (χ3n) is 4.65. The first-order valence-corrected chi connectivity index (χ1v) is 7.85. The van der Waals surface area contributed by atoms with Gasteiger partial charge in [0.2, 0.25) is 0 Å². The van der Waals surface area contributed by atoms with Gasteiger partial charge in [-0.2, -0.15) is 0 Å².